The van der Waals surface area contributed by atoms with Gasteiger partial charge in [-0.05, 0) is 25.0 Å². The van der Waals surface area contributed by atoms with Crippen molar-refractivity contribution in [2.75, 3.05) is 19.8 Å². The summed E-state index contributed by atoms with van der Waals surface area (Å²) in [6.07, 6.45) is 0.637. The van der Waals surface area contributed by atoms with Crippen molar-refractivity contribution in [1.29, 1.82) is 0 Å². The van der Waals surface area contributed by atoms with Crippen LogP contribution in [0.3, 0.4) is 0 Å². The summed E-state index contributed by atoms with van der Waals surface area (Å²) >= 11 is 0. The third-order valence-electron chi connectivity index (χ3n) is 3.77. The standard InChI is InChI=1S/C19H26N2O4/c1-4-17-18(14(3)21-25-17)19(22)20-12-15-7-6-8-16(11-15)13-24-10-9-23-5-2/h6-8,11H,4-5,9-10,12-13H2,1-3H3,(H,20,22). The van der Waals surface area contributed by atoms with E-state index in [4.69, 9.17) is 14.0 Å². The van der Waals surface area contributed by atoms with Crippen molar-refractivity contribution in [3.63, 3.8) is 0 Å². The molecule has 1 aromatic heterocycles. The van der Waals surface area contributed by atoms with Gasteiger partial charge < -0.3 is 19.3 Å². The Hall–Kier alpha value is -2.18. The zero-order valence-corrected chi connectivity index (χ0v) is 15.1. The first-order valence-corrected chi connectivity index (χ1v) is 8.62. The summed E-state index contributed by atoms with van der Waals surface area (Å²) in [4.78, 5) is 12.4. The third-order valence-corrected chi connectivity index (χ3v) is 3.77. The molecule has 0 atom stereocenters. The van der Waals surface area contributed by atoms with Crippen LogP contribution in [0.5, 0.6) is 0 Å². The van der Waals surface area contributed by atoms with Gasteiger partial charge in [0, 0.05) is 19.6 Å². The fourth-order valence-electron chi connectivity index (χ4n) is 2.50. The van der Waals surface area contributed by atoms with Crippen LogP contribution in [0.1, 0.15) is 46.8 Å². The monoisotopic (exact) mass is 346 g/mol. The number of hydrogen-bond donors (Lipinski definition) is 1. The van der Waals surface area contributed by atoms with E-state index in [0.717, 1.165) is 11.1 Å². The maximum atomic E-state index is 12.4. The molecule has 1 aromatic carbocycles. The molecule has 1 amide bonds. The molecule has 0 fully saturated rings. The SMILES string of the molecule is CCOCCOCc1cccc(CNC(=O)c2c(C)noc2CC)c1. The summed E-state index contributed by atoms with van der Waals surface area (Å²) in [6, 6.07) is 7.98. The van der Waals surface area contributed by atoms with Crippen LogP contribution < -0.4 is 5.32 Å². The van der Waals surface area contributed by atoms with E-state index < -0.39 is 0 Å². The first-order chi connectivity index (χ1) is 12.2. The van der Waals surface area contributed by atoms with Gasteiger partial charge in [0.1, 0.15) is 11.3 Å². The number of ether oxygens (including phenoxy) is 2. The Morgan fingerprint density at radius 1 is 1.20 bits per heavy atom. The molecule has 0 aliphatic carbocycles. The molecule has 2 aromatic rings. The lowest BCUT2D eigenvalue weighted by Crippen LogP contribution is -2.24. The van der Waals surface area contributed by atoms with Crippen LogP contribution in [0.2, 0.25) is 0 Å². The van der Waals surface area contributed by atoms with E-state index in [2.05, 4.69) is 10.5 Å². The van der Waals surface area contributed by atoms with Crippen molar-refractivity contribution in [2.45, 2.75) is 40.3 Å². The molecule has 0 aliphatic rings. The summed E-state index contributed by atoms with van der Waals surface area (Å²) in [7, 11) is 0. The second kappa shape index (κ2) is 9.96. The summed E-state index contributed by atoms with van der Waals surface area (Å²) in [5, 5.41) is 6.80. The van der Waals surface area contributed by atoms with Crippen molar-refractivity contribution in [3.05, 3.63) is 52.4 Å². The number of nitrogens with one attached hydrogen (secondary N) is 1. The minimum atomic E-state index is -0.158. The Balaban J connectivity index is 1.87. The Morgan fingerprint density at radius 2 is 1.96 bits per heavy atom. The van der Waals surface area contributed by atoms with E-state index >= 15 is 0 Å². The molecule has 0 bridgehead atoms. The smallest absolute Gasteiger partial charge is 0.257 e. The minimum Gasteiger partial charge on any atom is -0.379 e. The Labute approximate surface area is 148 Å². The van der Waals surface area contributed by atoms with Crippen LogP contribution in [0, 0.1) is 6.92 Å². The number of carbonyl (C=O) groups is 1. The second-order valence-corrected chi connectivity index (χ2v) is 5.67. The number of carbonyl (C=O) groups excluding carboxylic acids is 1. The molecule has 0 radical (unpaired) electrons. The van der Waals surface area contributed by atoms with Crippen LogP contribution in [0.15, 0.2) is 28.8 Å². The zero-order valence-electron chi connectivity index (χ0n) is 15.1. The Kier molecular flexibility index (Phi) is 7.63. The Bertz CT molecular complexity index is 682. The van der Waals surface area contributed by atoms with Crippen molar-refractivity contribution in [3.8, 4) is 0 Å². The number of benzene rings is 1. The highest BCUT2D eigenvalue weighted by atomic mass is 16.5. The first-order valence-electron chi connectivity index (χ1n) is 8.62. The van der Waals surface area contributed by atoms with E-state index in [1.807, 2.05) is 38.1 Å². The number of aromatic nitrogens is 1. The van der Waals surface area contributed by atoms with Gasteiger partial charge in [-0.2, -0.15) is 0 Å². The highest BCUT2D eigenvalue weighted by molar-refractivity contribution is 5.96. The highest BCUT2D eigenvalue weighted by Gasteiger charge is 2.18. The largest absolute Gasteiger partial charge is 0.379 e. The highest BCUT2D eigenvalue weighted by Crippen LogP contribution is 2.14. The molecule has 6 nitrogen and oxygen atoms in total. The lowest BCUT2D eigenvalue weighted by Gasteiger charge is -2.08. The summed E-state index contributed by atoms with van der Waals surface area (Å²) in [5.41, 5.74) is 3.24. The van der Waals surface area contributed by atoms with Crippen LogP contribution in [-0.2, 0) is 29.0 Å². The molecule has 0 unspecified atom stereocenters. The predicted molar refractivity (Wildman–Crippen MR) is 94.4 cm³/mol. The molecule has 1 N–H and O–H groups in total. The third kappa shape index (κ3) is 5.69. The Morgan fingerprint density at radius 3 is 2.72 bits per heavy atom. The lowest BCUT2D eigenvalue weighted by molar-refractivity contribution is 0.0453. The van der Waals surface area contributed by atoms with Gasteiger partial charge in [0.25, 0.3) is 5.91 Å². The topological polar surface area (TPSA) is 73.6 Å². The quantitative estimate of drug-likeness (QED) is 0.670. The normalized spacial score (nSPS) is 10.8. The molecule has 2 rings (SSSR count). The molecular formula is C19H26N2O4. The second-order valence-electron chi connectivity index (χ2n) is 5.67. The van der Waals surface area contributed by atoms with Gasteiger partial charge in [-0.25, -0.2) is 0 Å². The van der Waals surface area contributed by atoms with Crippen LogP contribution >= 0.6 is 0 Å². The van der Waals surface area contributed by atoms with Crippen molar-refractivity contribution in [1.82, 2.24) is 10.5 Å². The summed E-state index contributed by atoms with van der Waals surface area (Å²) in [5.74, 6) is 0.459. The van der Waals surface area contributed by atoms with Crippen LogP contribution in [0.4, 0.5) is 0 Å². The molecule has 0 spiro atoms. The summed E-state index contributed by atoms with van der Waals surface area (Å²) < 4.78 is 16.0. The minimum absolute atomic E-state index is 0.158. The predicted octanol–water partition coefficient (Wildman–Crippen LogP) is 3.03. The van der Waals surface area contributed by atoms with E-state index in [1.165, 1.54) is 0 Å². The number of hydrogen-bond acceptors (Lipinski definition) is 5. The summed E-state index contributed by atoms with van der Waals surface area (Å²) in [6.45, 7) is 8.51. The van der Waals surface area contributed by atoms with Crippen LogP contribution in [0.25, 0.3) is 0 Å². The van der Waals surface area contributed by atoms with Gasteiger partial charge >= 0.3 is 0 Å². The molecule has 0 saturated heterocycles. The molecule has 25 heavy (non-hydrogen) atoms. The van der Waals surface area contributed by atoms with Crippen molar-refractivity contribution < 1.29 is 18.8 Å². The van der Waals surface area contributed by atoms with Gasteiger partial charge in [-0.15, -0.1) is 0 Å². The zero-order chi connectivity index (χ0) is 18.1. The molecule has 6 heteroatoms. The number of rotatable bonds is 10. The fourth-order valence-corrected chi connectivity index (χ4v) is 2.50. The van der Waals surface area contributed by atoms with Crippen LogP contribution in [-0.4, -0.2) is 30.9 Å². The fraction of sp³-hybridized carbons (Fsp3) is 0.474. The van der Waals surface area contributed by atoms with Gasteiger partial charge in [-0.1, -0.05) is 36.3 Å². The van der Waals surface area contributed by atoms with Crippen molar-refractivity contribution >= 4 is 5.91 Å². The van der Waals surface area contributed by atoms with E-state index in [0.29, 0.717) is 56.4 Å². The van der Waals surface area contributed by atoms with Gasteiger partial charge in [-0.3, -0.25) is 4.79 Å². The average Bonchev–Trinajstić information content (AvgIpc) is 3.00. The maximum absolute atomic E-state index is 12.4. The van der Waals surface area contributed by atoms with Gasteiger partial charge in [0.2, 0.25) is 0 Å². The molecule has 0 aliphatic heterocycles. The number of nitrogens with zero attached hydrogens (tertiary/aromatic N) is 1. The maximum Gasteiger partial charge on any atom is 0.257 e. The van der Waals surface area contributed by atoms with E-state index in [9.17, 15) is 4.79 Å². The van der Waals surface area contributed by atoms with E-state index in [1.54, 1.807) is 6.92 Å². The first kappa shape index (κ1) is 19.1. The molecule has 136 valence electrons. The number of aryl methyl sites for hydroxylation is 2. The average molecular weight is 346 g/mol. The molecule has 0 saturated carbocycles. The van der Waals surface area contributed by atoms with Gasteiger partial charge in [0.15, 0.2) is 0 Å². The van der Waals surface area contributed by atoms with E-state index in [-0.39, 0.29) is 5.91 Å². The lowest BCUT2D eigenvalue weighted by atomic mass is 10.1. The molecule has 1 heterocycles. The molecular weight excluding hydrogens is 320 g/mol. The van der Waals surface area contributed by atoms with Gasteiger partial charge in [0.05, 0.1) is 25.5 Å². The van der Waals surface area contributed by atoms with Crippen molar-refractivity contribution in [2.24, 2.45) is 0 Å². The number of amides is 1.